The molecule has 1 aliphatic heterocycles. The molecule has 0 radical (unpaired) electrons. The van der Waals surface area contributed by atoms with Gasteiger partial charge in [0, 0.05) is 19.1 Å². The molecule has 3 rings (SSSR count). The predicted molar refractivity (Wildman–Crippen MR) is 83.8 cm³/mol. The van der Waals surface area contributed by atoms with Gasteiger partial charge in [-0.15, -0.1) is 11.3 Å². The van der Waals surface area contributed by atoms with E-state index in [1.807, 2.05) is 25.1 Å². The number of urea groups is 1. The monoisotopic (exact) mass is 319 g/mol. The lowest BCUT2D eigenvalue weighted by Crippen LogP contribution is -2.39. The SMILES string of the molecule is Cc1ccc(-c2ccc(C(=O)N[C@@H]3CCN(C(N)=O)C3)s2)o1. The number of thiophene rings is 1. The summed E-state index contributed by atoms with van der Waals surface area (Å²) in [6.07, 6.45) is 0.726. The third kappa shape index (κ3) is 2.99. The topological polar surface area (TPSA) is 88.6 Å². The van der Waals surface area contributed by atoms with Gasteiger partial charge in [-0.25, -0.2) is 4.79 Å². The van der Waals surface area contributed by atoms with E-state index in [0.29, 0.717) is 18.0 Å². The Labute approximate surface area is 131 Å². The average Bonchev–Trinajstić information content (AvgIpc) is 3.16. The van der Waals surface area contributed by atoms with Crippen LogP contribution in [0.25, 0.3) is 10.6 Å². The average molecular weight is 319 g/mol. The summed E-state index contributed by atoms with van der Waals surface area (Å²) < 4.78 is 5.56. The van der Waals surface area contributed by atoms with Crippen molar-refractivity contribution in [1.82, 2.24) is 10.2 Å². The van der Waals surface area contributed by atoms with E-state index >= 15 is 0 Å². The molecule has 7 heteroatoms. The summed E-state index contributed by atoms with van der Waals surface area (Å²) in [5.74, 6) is 1.48. The Morgan fingerprint density at radius 1 is 1.36 bits per heavy atom. The summed E-state index contributed by atoms with van der Waals surface area (Å²) in [6, 6.07) is 6.96. The Bertz CT molecular complexity index is 706. The first-order valence-electron chi connectivity index (χ1n) is 7.05. The van der Waals surface area contributed by atoms with Crippen LogP contribution in [0, 0.1) is 6.92 Å². The van der Waals surface area contributed by atoms with Crippen LogP contribution >= 0.6 is 11.3 Å². The van der Waals surface area contributed by atoms with E-state index < -0.39 is 6.03 Å². The van der Waals surface area contributed by atoms with Crippen molar-refractivity contribution < 1.29 is 14.0 Å². The van der Waals surface area contributed by atoms with Gasteiger partial charge in [0.25, 0.3) is 5.91 Å². The lowest BCUT2D eigenvalue weighted by molar-refractivity contribution is 0.0942. The number of nitrogens with one attached hydrogen (secondary N) is 1. The Balaban J connectivity index is 1.64. The van der Waals surface area contributed by atoms with Crippen LogP contribution in [-0.2, 0) is 0 Å². The summed E-state index contributed by atoms with van der Waals surface area (Å²) in [5.41, 5.74) is 5.24. The first-order chi connectivity index (χ1) is 10.5. The Kier molecular flexibility index (Phi) is 3.89. The molecular weight excluding hydrogens is 302 g/mol. The maximum atomic E-state index is 12.3. The van der Waals surface area contributed by atoms with Crippen LogP contribution in [0.15, 0.2) is 28.7 Å². The van der Waals surface area contributed by atoms with Crippen molar-refractivity contribution in [3.8, 4) is 10.6 Å². The molecule has 0 bridgehead atoms. The maximum absolute atomic E-state index is 12.3. The van der Waals surface area contributed by atoms with Crippen molar-refractivity contribution in [2.75, 3.05) is 13.1 Å². The molecule has 3 amide bonds. The number of carbonyl (C=O) groups is 2. The van der Waals surface area contributed by atoms with Gasteiger partial charge in [0.2, 0.25) is 0 Å². The van der Waals surface area contributed by atoms with Gasteiger partial charge >= 0.3 is 6.03 Å². The van der Waals surface area contributed by atoms with Crippen LogP contribution in [0.5, 0.6) is 0 Å². The molecule has 2 aromatic heterocycles. The van der Waals surface area contributed by atoms with Crippen molar-refractivity contribution in [3.05, 3.63) is 34.9 Å². The van der Waals surface area contributed by atoms with Crippen LogP contribution in [0.1, 0.15) is 21.9 Å². The molecule has 0 aliphatic carbocycles. The van der Waals surface area contributed by atoms with Gasteiger partial charge in [0.1, 0.15) is 11.5 Å². The molecule has 116 valence electrons. The summed E-state index contributed by atoms with van der Waals surface area (Å²) in [6.45, 7) is 2.94. The van der Waals surface area contributed by atoms with E-state index in [-0.39, 0.29) is 11.9 Å². The van der Waals surface area contributed by atoms with E-state index in [4.69, 9.17) is 10.2 Å². The zero-order chi connectivity index (χ0) is 15.7. The van der Waals surface area contributed by atoms with Gasteiger partial charge < -0.3 is 20.4 Å². The number of primary amides is 1. The molecule has 0 spiro atoms. The third-order valence-electron chi connectivity index (χ3n) is 3.65. The molecular formula is C15H17N3O3S. The molecule has 0 unspecified atom stereocenters. The highest BCUT2D eigenvalue weighted by Crippen LogP contribution is 2.29. The molecule has 22 heavy (non-hydrogen) atoms. The fourth-order valence-electron chi connectivity index (χ4n) is 2.49. The van der Waals surface area contributed by atoms with Gasteiger partial charge in [-0.3, -0.25) is 4.79 Å². The second-order valence-electron chi connectivity index (χ2n) is 5.32. The zero-order valence-electron chi connectivity index (χ0n) is 12.2. The summed E-state index contributed by atoms with van der Waals surface area (Å²) in [4.78, 5) is 26.4. The number of furan rings is 1. The molecule has 1 atom stereocenters. The van der Waals surface area contributed by atoms with E-state index in [1.165, 1.54) is 16.2 Å². The van der Waals surface area contributed by atoms with Gasteiger partial charge in [-0.2, -0.15) is 0 Å². The lowest BCUT2D eigenvalue weighted by Gasteiger charge is -2.14. The van der Waals surface area contributed by atoms with E-state index in [9.17, 15) is 9.59 Å². The summed E-state index contributed by atoms with van der Waals surface area (Å²) in [7, 11) is 0. The highest BCUT2D eigenvalue weighted by molar-refractivity contribution is 7.17. The smallest absolute Gasteiger partial charge is 0.314 e. The van der Waals surface area contributed by atoms with Crippen molar-refractivity contribution in [2.45, 2.75) is 19.4 Å². The van der Waals surface area contributed by atoms with Crippen molar-refractivity contribution in [1.29, 1.82) is 0 Å². The standard InChI is InChI=1S/C15H17N3O3S/c1-9-2-3-11(21-9)12-4-5-13(22-12)14(19)17-10-6-7-18(8-10)15(16)20/h2-5,10H,6-8H2,1H3,(H2,16,20)(H,17,19)/t10-/m1/s1. The molecule has 1 fully saturated rings. The number of likely N-dealkylation sites (tertiary alicyclic amines) is 1. The molecule has 3 heterocycles. The van der Waals surface area contributed by atoms with Crippen molar-refractivity contribution >= 4 is 23.3 Å². The van der Waals surface area contributed by atoms with Crippen LogP contribution in [0.3, 0.4) is 0 Å². The Morgan fingerprint density at radius 3 is 2.82 bits per heavy atom. The fraction of sp³-hybridized carbons (Fsp3) is 0.333. The molecule has 0 saturated carbocycles. The van der Waals surface area contributed by atoms with Gasteiger partial charge in [-0.1, -0.05) is 0 Å². The molecule has 1 aliphatic rings. The minimum Gasteiger partial charge on any atom is -0.461 e. The Hall–Kier alpha value is -2.28. The van der Waals surface area contributed by atoms with Crippen LogP contribution in [0.4, 0.5) is 4.79 Å². The quantitative estimate of drug-likeness (QED) is 0.909. The number of hydrogen-bond donors (Lipinski definition) is 2. The number of aryl methyl sites for hydroxylation is 1. The van der Waals surface area contributed by atoms with Crippen LogP contribution in [-0.4, -0.2) is 36.0 Å². The molecule has 2 aromatic rings. The normalized spacial score (nSPS) is 17.7. The predicted octanol–water partition coefficient (Wildman–Crippen LogP) is 2.20. The largest absolute Gasteiger partial charge is 0.461 e. The highest BCUT2D eigenvalue weighted by atomic mass is 32.1. The number of rotatable bonds is 3. The number of carbonyl (C=O) groups excluding carboxylic acids is 2. The minimum atomic E-state index is -0.441. The summed E-state index contributed by atoms with van der Waals surface area (Å²) >= 11 is 1.39. The molecule has 3 N–H and O–H groups in total. The number of hydrogen-bond acceptors (Lipinski definition) is 4. The zero-order valence-corrected chi connectivity index (χ0v) is 13.0. The highest BCUT2D eigenvalue weighted by Gasteiger charge is 2.26. The van der Waals surface area contributed by atoms with E-state index in [1.54, 1.807) is 6.07 Å². The number of nitrogens with two attached hydrogens (primary N) is 1. The lowest BCUT2D eigenvalue weighted by atomic mass is 10.2. The number of amides is 3. The maximum Gasteiger partial charge on any atom is 0.314 e. The van der Waals surface area contributed by atoms with E-state index in [0.717, 1.165) is 22.8 Å². The van der Waals surface area contributed by atoms with Crippen molar-refractivity contribution in [3.63, 3.8) is 0 Å². The third-order valence-corrected chi connectivity index (χ3v) is 4.75. The van der Waals surface area contributed by atoms with Crippen molar-refractivity contribution in [2.24, 2.45) is 5.73 Å². The van der Waals surface area contributed by atoms with Gasteiger partial charge in [0.05, 0.1) is 9.75 Å². The summed E-state index contributed by atoms with van der Waals surface area (Å²) in [5, 5.41) is 2.94. The van der Waals surface area contributed by atoms with Gasteiger partial charge in [-0.05, 0) is 37.6 Å². The first kappa shape index (κ1) is 14.6. The van der Waals surface area contributed by atoms with E-state index in [2.05, 4.69) is 5.32 Å². The molecule has 6 nitrogen and oxygen atoms in total. The fourth-order valence-corrected chi connectivity index (χ4v) is 3.37. The van der Waals surface area contributed by atoms with Crippen LogP contribution < -0.4 is 11.1 Å². The molecule has 1 saturated heterocycles. The minimum absolute atomic E-state index is 0.0450. The van der Waals surface area contributed by atoms with Crippen LogP contribution in [0.2, 0.25) is 0 Å². The Morgan fingerprint density at radius 2 is 2.18 bits per heavy atom. The molecule has 0 aromatic carbocycles. The first-order valence-corrected chi connectivity index (χ1v) is 7.86. The second-order valence-corrected chi connectivity index (χ2v) is 6.40. The number of nitrogens with zero attached hydrogens (tertiary/aromatic N) is 1. The second kappa shape index (κ2) is 5.84. The van der Waals surface area contributed by atoms with Gasteiger partial charge in [0.15, 0.2) is 0 Å².